The number of nitrogens with one attached hydrogen (secondary N) is 1. The SMILES string of the molecule is Cc1ccc(C(=O)NC2(C)CCS(=O)(=O)C2)c(F)c1. The molecule has 1 fully saturated rings. The van der Waals surface area contributed by atoms with E-state index in [0.29, 0.717) is 6.42 Å². The topological polar surface area (TPSA) is 63.2 Å². The molecule has 19 heavy (non-hydrogen) atoms. The van der Waals surface area contributed by atoms with Crippen LogP contribution in [0.25, 0.3) is 0 Å². The molecule has 1 N–H and O–H groups in total. The molecular formula is C13H16FNO3S. The molecule has 0 radical (unpaired) electrons. The van der Waals surface area contributed by atoms with Gasteiger partial charge in [-0.1, -0.05) is 6.07 Å². The highest BCUT2D eigenvalue weighted by molar-refractivity contribution is 7.91. The number of aryl methyl sites for hydroxylation is 1. The Hall–Kier alpha value is -1.43. The Morgan fingerprint density at radius 3 is 2.63 bits per heavy atom. The van der Waals surface area contributed by atoms with E-state index in [4.69, 9.17) is 0 Å². The van der Waals surface area contributed by atoms with Gasteiger partial charge in [0.2, 0.25) is 0 Å². The minimum absolute atomic E-state index is 0.0557. The van der Waals surface area contributed by atoms with Crippen LogP contribution in [0.3, 0.4) is 0 Å². The van der Waals surface area contributed by atoms with Crippen LogP contribution in [0.1, 0.15) is 29.3 Å². The quantitative estimate of drug-likeness (QED) is 0.894. The molecule has 1 unspecified atom stereocenters. The van der Waals surface area contributed by atoms with Crippen molar-refractivity contribution in [2.75, 3.05) is 11.5 Å². The van der Waals surface area contributed by atoms with Crippen molar-refractivity contribution >= 4 is 15.7 Å². The number of halogens is 1. The highest BCUT2D eigenvalue weighted by atomic mass is 32.2. The van der Waals surface area contributed by atoms with Gasteiger partial charge in [-0.2, -0.15) is 0 Å². The largest absolute Gasteiger partial charge is 0.346 e. The van der Waals surface area contributed by atoms with E-state index in [1.807, 2.05) is 0 Å². The maximum Gasteiger partial charge on any atom is 0.254 e. The Bertz CT molecular complexity index is 627. The van der Waals surface area contributed by atoms with Crippen LogP contribution in [0.2, 0.25) is 0 Å². The van der Waals surface area contributed by atoms with Crippen molar-refractivity contribution in [1.82, 2.24) is 5.32 Å². The average Bonchev–Trinajstić information content (AvgIpc) is 2.52. The van der Waals surface area contributed by atoms with E-state index in [1.54, 1.807) is 19.9 Å². The van der Waals surface area contributed by atoms with Crippen molar-refractivity contribution in [2.24, 2.45) is 0 Å². The molecule has 0 bridgehead atoms. The smallest absolute Gasteiger partial charge is 0.254 e. The third kappa shape index (κ3) is 3.12. The molecule has 1 aliphatic heterocycles. The average molecular weight is 285 g/mol. The molecule has 0 saturated carbocycles. The van der Waals surface area contributed by atoms with Crippen molar-refractivity contribution in [1.29, 1.82) is 0 Å². The van der Waals surface area contributed by atoms with Gasteiger partial charge in [-0.15, -0.1) is 0 Å². The molecule has 1 atom stereocenters. The first kappa shape index (κ1) is 14.0. The van der Waals surface area contributed by atoms with Gasteiger partial charge in [0.25, 0.3) is 5.91 Å². The van der Waals surface area contributed by atoms with Crippen LogP contribution in [-0.2, 0) is 9.84 Å². The number of carbonyl (C=O) groups is 1. The van der Waals surface area contributed by atoms with Crippen LogP contribution in [-0.4, -0.2) is 31.4 Å². The minimum atomic E-state index is -3.11. The summed E-state index contributed by atoms with van der Waals surface area (Å²) in [6, 6.07) is 4.33. The number of rotatable bonds is 2. The molecule has 1 amide bonds. The fourth-order valence-corrected chi connectivity index (χ4v) is 4.35. The summed E-state index contributed by atoms with van der Waals surface area (Å²) >= 11 is 0. The second-order valence-electron chi connectivity index (χ2n) is 5.34. The lowest BCUT2D eigenvalue weighted by molar-refractivity contribution is 0.0911. The van der Waals surface area contributed by atoms with Gasteiger partial charge in [-0.05, 0) is 38.0 Å². The summed E-state index contributed by atoms with van der Waals surface area (Å²) in [6.07, 6.45) is 0.356. The van der Waals surface area contributed by atoms with Crippen LogP contribution in [0.5, 0.6) is 0 Å². The molecule has 1 aliphatic rings. The molecule has 1 saturated heterocycles. The maximum atomic E-state index is 13.7. The molecule has 0 spiro atoms. The summed E-state index contributed by atoms with van der Waals surface area (Å²) < 4.78 is 36.6. The van der Waals surface area contributed by atoms with Crippen molar-refractivity contribution in [3.05, 3.63) is 35.1 Å². The van der Waals surface area contributed by atoms with Crippen molar-refractivity contribution in [3.8, 4) is 0 Å². The van der Waals surface area contributed by atoms with Crippen molar-refractivity contribution in [3.63, 3.8) is 0 Å². The first-order chi connectivity index (χ1) is 8.71. The number of benzene rings is 1. The molecule has 1 aromatic rings. The molecule has 104 valence electrons. The Morgan fingerprint density at radius 1 is 1.42 bits per heavy atom. The zero-order valence-electron chi connectivity index (χ0n) is 10.9. The fraction of sp³-hybridized carbons (Fsp3) is 0.462. The van der Waals surface area contributed by atoms with E-state index in [9.17, 15) is 17.6 Å². The van der Waals surface area contributed by atoms with Crippen molar-refractivity contribution in [2.45, 2.75) is 25.8 Å². The van der Waals surface area contributed by atoms with Gasteiger partial charge in [-0.3, -0.25) is 4.79 Å². The molecule has 0 aliphatic carbocycles. The monoisotopic (exact) mass is 285 g/mol. The Kier molecular flexibility index (Phi) is 3.38. The highest BCUT2D eigenvalue weighted by Gasteiger charge is 2.39. The van der Waals surface area contributed by atoms with Crippen LogP contribution >= 0.6 is 0 Å². The van der Waals surface area contributed by atoms with Crippen LogP contribution in [0.15, 0.2) is 18.2 Å². The summed E-state index contributed by atoms with van der Waals surface area (Å²) in [5.41, 5.74) is -0.146. The summed E-state index contributed by atoms with van der Waals surface area (Å²) in [5.74, 6) is -1.21. The minimum Gasteiger partial charge on any atom is -0.346 e. The summed E-state index contributed by atoms with van der Waals surface area (Å²) in [4.78, 5) is 12.0. The first-order valence-electron chi connectivity index (χ1n) is 6.00. The second-order valence-corrected chi connectivity index (χ2v) is 7.52. The lowest BCUT2D eigenvalue weighted by Crippen LogP contribution is -2.47. The fourth-order valence-electron chi connectivity index (χ4n) is 2.25. The van der Waals surface area contributed by atoms with Gasteiger partial charge < -0.3 is 5.32 Å². The van der Waals surface area contributed by atoms with Gasteiger partial charge in [0.15, 0.2) is 9.84 Å². The van der Waals surface area contributed by atoms with Gasteiger partial charge in [0, 0.05) is 0 Å². The Labute approximate surface area is 111 Å². The molecule has 2 rings (SSSR count). The van der Waals surface area contributed by atoms with E-state index in [2.05, 4.69) is 5.32 Å². The summed E-state index contributed by atoms with van der Waals surface area (Å²) in [7, 11) is -3.11. The van der Waals surface area contributed by atoms with Crippen LogP contribution < -0.4 is 5.32 Å². The zero-order chi connectivity index (χ0) is 14.3. The van der Waals surface area contributed by atoms with Gasteiger partial charge >= 0.3 is 0 Å². The van der Waals surface area contributed by atoms with Gasteiger partial charge in [0.1, 0.15) is 5.82 Å². The van der Waals surface area contributed by atoms with Crippen LogP contribution in [0.4, 0.5) is 4.39 Å². The molecule has 0 aromatic heterocycles. The molecule has 4 nitrogen and oxygen atoms in total. The third-order valence-corrected chi connectivity index (χ3v) is 5.19. The van der Waals surface area contributed by atoms with E-state index in [1.165, 1.54) is 12.1 Å². The number of hydrogen-bond acceptors (Lipinski definition) is 3. The highest BCUT2D eigenvalue weighted by Crippen LogP contribution is 2.23. The summed E-state index contributed by atoms with van der Waals surface area (Å²) in [6.45, 7) is 3.40. The molecular weight excluding hydrogens is 269 g/mol. The molecule has 6 heteroatoms. The Morgan fingerprint density at radius 2 is 2.11 bits per heavy atom. The number of amides is 1. The first-order valence-corrected chi connectivity index (χ1v) is 7.82. The second kappa shape index (κ2) is 4.59. The maximum absolute atomic E-state index is 13.7. The van der Waals surface area contributed by atoms with Crippen LogP contribution in [0, 0.1) is 12.7 Å². The number of carbonyl (C=O) groups excluding carboxylic acids is 1. The molecule has 1 heterocycles. The zero-order valence-corrected chi connectivity index (χ0v) is 11.7. The normalized spacial score (nSPS) is 25.2. The summed E-state index contributed by atoms with van der Waals surface area (Å²) in [5, 5.41) is 2.63. The van der Waals surface area contributed by atoms with E-state index in [-0.39, 0.29) is 17.1 Å². The molecule has 1 aromatic carbocycles. The lowest BCUT2D eigenvalue weighted by Gasteiger charge is -2.24. The standard InChI is InChI=1S/C13H16FNO3S/c1-9-3-4-10(11(14)7-9)12(16)15-13(2)5-6-19(17,18)8-13/h3-4,7H,5-6,8H2,1-2H3,(H,15,16). The van der Waals surface area contributed by atoms with Gasteiger partial charge in [0.05, 0.1) is 22.6 Å². The van der Waals surface area contributed by atoms with E-state index in [0.717, 1.165) is 5.56 Å². The van der Waals surface area contributed by atoms with Gasteiger partial charge in [-0.25, -0.2) is 12.8 Å². The van der Waals surface area contributed by atoms with E-state index >= 15 is 0 Å². The lowest BCUT2D eigenvalue weighted by atomic mass is 10.0. The van der Waals surface area contributed by atoms with E-state index < -0.39 is 27.1 Å². The predicted molar refractivity (Wildman–Crippen MR) is 70.3 cm³/mol. The predicted octanol–water partition coefficient (Wildman–Crippen LogP) is 1.44. The number of sulfone groups is 1. The number of hydrogen-bond donors (Lipinski definition) is 1. The Balaban J connectivity index is 2.18. The third-order valence-electron chi connectivity index (χ3n) is 3.29. The van der Waals surface area contributed by atoms with Crippen molar-refractivity contribution < 1.29 is 17.6 Å².